The first-order valence-corrected chi connectivity index (χ1v) is 6.70. The molecular weight excluding hydrogens is 273 g/mol. The fourth-order valence-corrected chi connectivity index (χ4v) is 2.01. The van der Waals surface area contributed by atoms with Crippen LogP contribution in [0.25, 0.3) is 0 Å². The number of amides is 1. The molecule has 0 aliphatic rings. The first kappa shape index (κ1) is 17.3. The molecule has 0 spiro atoms. The molecule has 0 saturated carbocycles. The van der Waals surface area contributed by atoms with Crippen molar-refractivity contribution in [3.05, 3.63) is 47.8 Å². The average molecular weight is 295 g/mol. The molecule has 116 valence electrons. The molecule has 0 N–H and O–H groups in total. The normalized spacial score (nSPS) is 12.0. The molecule has 0 saturated heterocycles. The van der Waals surface area contributed by atoms with Crippen LogP contribution >= 0.6 is 0 Å². The Balaban J connectivity index is 2.84. The van der Waals surface area contributed by atoms with Crippen molar-refractivity contribution in [1.29, 1.82) is 0 Å². The number of hydrogen-bond acceptors (Lipinski definition) is 3. The summed E-state index contributed by atoms with van der Waals surface area (Å²) in [5.41, 5.74) is 1.41. The lowest BCUT2D eigenvalue weighted by atomic mass is 10.1. The third kappa shape index (κ3) is 5.28. The van der Waals surface area contributed by atoms with E-state index >= 15 is 0 Å². The summed E-state index contributed by atoms with van der Waals surface area (Å²) in [6.45, 7) is 6.35. The Kier molecular flexibility index (Phi) is 7.05. The monoisotopic (exact) mass is 295 g/mol. The topological polar surface area (TPSA) is 38.8 Å². The molecule has 0 aromatic heterocycles. The highest BCUT2D eigenvalue weighted by molar-refractivity contribution is 5.87. The van der Waals surface area contributed by atoms with Crippen LogP contribution < -0.4 is 0 Å². The molecule has 0 fully saturated rings. The van der Waals surface area contributed by atoms with Crippen LogP contribution in [0.1, 0.15) is 11.1 Å². The molecule has 0 heterocycles. The number of rotatable bonds is 8. The van der Waals surface area contributed by atoms with E-state index in [1.165, 1.54) is 12.1 Å². The molecule has 0 aliphatic carbocycles. The third-order valence-electron chi connectivity index (χ3n) is 3.19. The molecule has 1 aromatic rings. The number of benzene rings is 1. The molecule has 0 bridgehead atoms. The van der Waals surface area contributed by atoms with Crippen molar-refractivity contribution in [3.63, 3.8) is 0 Å². The van der Waals surface area contributed by atoms with Gasteiger partial charge in [-0.15, -0.1) is 0 Å². The lowest BCUT2D eigenvalue weighted by molar-refractivity contribution is -0.129. The van der Waals surface area contributed by atoms with Gasteiger partial charge in [0.2, 0.25) is 5.91 Å². The summed E-state index contributed by atoms with van der Waals surface area (Å²) in [4.78, 5) is 13.6. The van der Waals surface area contributed by atoms with Crippen molar-refractivity contribution in [3.8, 4) is 0 Å². The minimum absolute atomic E-state index is 0.199. The lowest BCUT2D eigenvalue weighted by Crippen LogP contribution is -2.38. The van der Waals surface area contributed by atoms with Crippen LogP contribution in [0, 0.1) is 12.7 Å². The molecular formula is C16H22FNO3. The summed E-state index contributed by atoms with van der Waals surface area (Å²) >= 11 is 0. The highest BCUT2D eigenvalue weighted by atomic mass is 19.1. The van der Waals surface area contributed by atoms with Gasteiger partial charge in [-0.3, -0.25) is 4.79 Å². The van der Waals surface area contributed by atoms with Crippen molar-refractivity contribution >= 4 is 5.91 Å². The fraction of sp³-hybridized carbons (Fsp3) is 0.438. The van der Waals surface area contributed by atoms with Gasteiger partial charge >= 0.3 is 0 Å². The second-order valence-corrected chi connectivity index (χ2v) is 4.82. The summed E-state index contributed by atoms with van der Waals surface area (Å²) in [7, 11) is 3.15. The molecule has 1 aromatic carbocycles. The van der Waals surface area contributed by atoms with Crippen molar-refractivity contribution in [2.45, 2.75) is 19.6 Å². The Bertz CT molecular complexity index is 490. The highest BCUT2D eigenvalue weighted by Gasteiger charge is 2.17. The SMILES string of the molecule is C=CC(=O)N(Cc1ccc(F)c(C)c1)C[C@@H](COC)OC. The number of nitrogens with zero attached hydrogens (tertiary/aromatic N) is 1. The Morgan fingerprint density at radius 2 is 2.19 bits per heavy atom. The fourth-order valence-electron chi connectivity index (χ4n) is 2.01. The zero-order chi connectivity index (χ0) is 15.8. The Labute approximate surface area is 125 Å². The second-order valence-electron chi connectivity index (χ2n) is 4.82. The van der Waals surface area contributed by atoms with Crippen LogP contribution in [-0.2, 0) is 20.8 Å². The number of carbonyl (C=O) groups excluding carboxylic acids is 1. The second kappa shape index (κ2) is 8.54. The maximum atomic E-state index is 13.3. The molecule has 1 atom stereocenters. The van der Waals surface area contributed by atoms with E-state index in [0.717, 1.165) is 5.56 Å². The maximum Gasteiger partial charge on any atom is 0.246 e. The zero-order valence-electron chi connectivity index (χ0n) is 12.8. The van der Waals surface area contributed by atoms with E-state index in [4.69, 9.17) is 9.47 Å². The Morgan fingerprint density at radius 1 is 1.48 bits per heavy atom. The molecule has 0 aliphatic heterocycles. The maximum absolute atomic E-state index is 13.3. The number of halogens is 1. The summed E-state index contributed by atoms with van der Waals surface area (Å²) in [5, 5.41) is 0. The van der Waals surface area contributed by atoms with Crippen LogP contribution in [0.4, 0.5) is 4.39 Å². The van der Waals surface area contributed by atoms with Crippen LogP contribution in [-0.4, -0.2) is 44.3 Å². The van der Waals surface area contributed by atoms with Gasteiger partial charge in [-0.05, 0) is 30.2 Å². The van der Waals surface area contributed by atoms with Crippen LogP contribution in [0.15, 0.2) is 30.9 Å². The van der Waals surface area contributed by atoms with Crippen LogP contribution in [0.2, 0.25) is 0 Å². The van der Waals surface area contributed by atoms with E-state index in [-0.39, 0.29) is 17.8 Å². The van der Waals surface area contributed by atoms with Crippen LogP contribution in [0.3, 0.4) is 0 Å². The highest BCUT2D eigenvalue weighted by Crippen LogP contribution is 2.12. The van der Waals surface area contributed by atoms with E-state index in [1.54, 1.807) is 38.2 Å². The van der Waals surface area contributed by atoms with Gasteiger partial charge < -0.3 is 14.4 Å². The van der Waals surface area contributed by atoms with E-state index in [0.29, 0.717) is 25.3 Å². The summed E-state index contributed by atoms with van der Waals surface area (Å²) in [5.74, 6) is -0.454. The lowest BCUT2D eigenvalue weighted by Gasteiger charge is -2.26. The third-order valence-corrected chi connectivity index (χ3v) is 3.19. The van der Waals surface area contributed by atoms with Crippen LogP contribution in [0.5, 0.6) is 0 Å². The number of aryl methyl sites for hydroxylation is 1. The van der Waals surface area contributed by atoms with Crippen molar-refractivity contribution in [1.82, 2.24) is 4.90 Å². The van der Waals surface area contributed by atoms with E-state index < -0.39 is 0 Å². The molecule has 1 amide bonds. The largest absolute Gasteiger partial charge is 0.382 e. The number of hydrogen-bond donors (Lipinski definition) is 0. The first-order chi connectivity index (χ1) is 10.0. The smallest absolute Gasteiger partial charge is 0.246 e. The average Bonchev–Trinajstić information content (AvgIpc) is 2.48. The predicted molar refractivity (Wildman–Crippen MR) is 79.4 cm³/mol. The van der Waals surface area contributed by atoms with Gasteiger partial charge in [0.05, 0.1) is 12.7 Å². The van der Waals surface area contributed by atoms with E-state index in [9.17, 15) is 9.18 Å². The molecule has 1 rings (SSSR count). The van der Waals surface area contributed by atoms with Gasteiger partial charge in [-0.25, -0.2) is 4.39 Å². The molecule has 21 heavy (non-hydrogen) atoms. The van der Waals surface area contributed by atoms with Gasteiger partial charge in [0.1, 0.15) is 5.82 Å². The standard InChI is InChI=1S/C16H22FNO3/c1-5-16(19)18(10-14(21-4)11-20-3)9-13-6-7-15(17)12(2)8-13/h5-8,14H,1,9-11H2,2-4H3/t14-/m0/s1. The molecule has 0 unspecified atom stereocenters. The number of methoxy groups -OCH3 is 2. The zero-order valence-corrected chi connectivity index (χ0v) is 12.8. The molecule has 0 radical (unpaired) electrons. The minimum atomic E-state index is -0.255. The van der Waals surface area contributed by atoms with Gasteiger partial charge in [0.25, 0.3) is 0 Å². The first-order valence-electron chi connectivity index (χ1n) is 6.70. The van der Waals surface area contributed by atoms with Gasteiger partial charge in [0.15, 0.2) is 0 Å². The van der Waals surface area contributed by atoms with E-state index in [1.807, 2.05) is 0 Å². The summed E-state index contributed by atoms with van der Waals surface area (Å²) < 4.78 is 23.6. The van der Waals surface area contributed by atoms with E-state index in [2.05, 4.69) is 6.58 Å². The van der Waals surface area contributed by atoms with Crippen molar-refractivity contribution in [2.24, 2.45) is 0 Å². The number of carbonyl (C=O) groups is 1. The minimum Gasteiger partial charge on any atom is -0.382 e. The van der Waals surface area contributed by atoms with Gasteiger partial charge in [-0.1, -0.05) is 18.7 Å². The van der Waals surface area contributed by atoms with Crippen molar-refractivity contribution < 1.29 is 18.7 Å². The Morgan fingerprint density at radius 3 is 2.71 bits per heavy atom. The summed E-state index contributed by atoms with van der Waals surface area (Å²) in [6, 6.07) is 4.81. The summed E-state index contributed by atoms with van der Waals surface area (Å²) in [6.07, 6.45) is 1.04. The van der Waals surface area contributed by atoms with Gasteiger partial charge in [-0.2, -0.15) is 0 Å². The molecule has 5 heteroatoms. The van der Waals surface area contributed by atoms with Gasteiger partial charge in [0, 0.05) is 27.3 Å². The Hall–Kier alpha value is -1.72. The van der Waals surface area contributed by atoms with Crippen molar-refractivity contribution in [2.75, 3.05) is 27.4 Å². The number of ether oxygens (including phenoxy) is 2. The predicted octanol–water partition coefficient (Wildman–Crippen LogP) is 2.31. The molecule has 4 nitrogen and oxygen atoms in total. The quantitative estimate of drug-likeness (QED) is 0.691.